The van der Waals surface area contributed by atoms with Gasteiger partial charge in [-0.2, -0.15) is 13.2 Å². The van der Waals surface area contributed by atoms with Crippen LogP contribution in [-0.2, 0) is 22.7 Å². The molecule has 62 valence electrons. The molecule has 0 aliphatic carbocycles. The maximum absolute atomic E-state index is 11.2. The third kappa shape index (κ3) is 1.59. The highest BCUT2D eigenvalue weighted by atomic mass is 33.1. The van der Waals surface area contributed by atoms with Gasteiger partial charge >= 0.3 is 5.51 Å². The summed E-state index contributed by atoms with van der Waals surface area (Å²) in [5.41, 5.74) is -5.60. The molecule has 0 heterocycles. The molecule has 0 aromatic heterocycles. The largest absolute Gasteiger partial charge is 0.482 e. The molecule has 0 amide bonds. The van der Waals surface area contributed by atoms with Crippen molar-refractivity contribution >= 4 is 18.5 Å². The van der Waals surface area contributed by atoms with Gasteiger partial charge < -0.3 is 8.99 Å². The highest BCUT2D eigenvalue weighted by molar-refractivity contribution is 8.59. The van der Waals surface area contributed by atoms with Crippen LogP contribution in [0.2, 0.25) is 0 Å². The first-order chi connectivity index (χ1) is 4.19. The van der Waals surface area contributed by atoms with Gasteiger partial charge in [0.25, 0.3) is 0 Å². The summed E-state index contributed by atoms with van der Waals surface area (Å²) in [5.74, 6) is 0. The predicted octanol–water partition coefficient (Wildman–Crippen LogP) is 0.562. The fraction of sp³-hybridized carbons (Fsp3) is 1.00. The maximum atomic E-state index is 11.2. The Hall–Kier alpha value is -0.310. The van der Waals surface area contributed by atoms with Gasteiger partial charge in [0.2, 0.25) is 8.87 Å². The lowest BCUT2D eigenvalue weighted by Gasteiger charge is -2.07. The first-order valence-electron chi connectivity index (χ1n) is 1.64. The number of hydrogen-bond acceptors (Lipinski definition) is 5. The van der Waals surface area contributed by atoms with E-state index in [0.29, 0.717) is 0 Å². The Morgan fingerprint density at radius 3 is 1.60 bits per heavy atom. The van der Waals surface area contributed by atoms with Crippen molar-refractivity contribution in [3.63, 3.8) is 0 Å². The van der Waals surface area contributed by atoms with Gasteiger partial charge in [0.15, 0.2) is 0 Å². The molecule has 0 aliphatic heterocycles. The van der Waals surface area contributed by atoms with Crippen LogP contribution in [0, 0.1) is 4.78 Å². The smallest absolute Gasteiger partial charge is 0.430 e. The van der Waals surface area contributed by atoms with Gasteiger partial charge in [-0.25, -0.2) is 8.42 Å². The Bertz CT molecular complexity index is 275. The van der Waals surface area contributed by atoms with Crippen LogP contribution in [0.3, 0.4) is 0 Å². The van der Waals surface area contributed by atoms with Gasteiger partial charge in [0, 0.05) is 0 Å². The minimum absolute atomic E-state index is 3.65. The molecule has 0 atom stereocenters. The van der Waals surface area contributed by atoms with Gasteiger partial charge in [-0.3, -0.25) is 0 Å². The summed E-state index contributed by atoms with van der Waals surface area (Å²) in [5, 5.41) is 0. The molecule has 0 rings (SSSR count). The van der Waals surface area contributed by atoms with E-state index in [-0.39, 0.29) is 0 Å². The van der Waals surface area contributed by atoms with E-state index in [1.165, 1.54) is 0 Å². The molecule has 0 bridgehead atoms. The zero-order chi connectivity index (χ0) is 8.58. The zero-order valence-electron chi connectivity index (χ0n) is 4.18. The topological polar surface area (TPSA) is 75.1 Å². The molecule has 0 radical (unpaired) electrons. The summed E-state index contributed by atoms with van der Waals surface area (Å²) < 4.78 is 68.4. The Balaban J connectivity index is 5.19. The number of hydrogen-bond donors (Lipinski definition) is 1. The van der Waals surface area contributed by atoms with Crippen LogP contribution in [-0.4, -0.2) is 13.9 Å². The van der Waals surface area contributed by atoms with Crippen molar-refractivity contribution in [3.8, 4) is 0 Å². The van der Waals surface area contributed by atoms with Crippen LogP contribution < -0.4 is 0 Å². The SMILES string of the molecule is N=[S-](=O)S(=O)(=O)C(F)(F)F. The fourth-order valence-corrected chi connectivity index (χ4v) is 0.772. The molecule has 0 saturated heterocycles. The molecule has 1 N–H and O–H groups in total. The monoisotopic (exact) mass is 196 g/mol. The van der Waals surface area contributed by atoms with Crippen molar-refractivity contribution in [2.45, 2.75) is 5.51 Å². The first-order valence-corrected chi connectivity index (χ1v) is 4.79. The second kappa shape index (κ2) is 2.38. The average molecular weight is 196 g/mol. The second-order valence-corrected chi connectivity index (χ2v) is 5.20. The molecule has 0 fully saturated rings. The van der Waals surface area contributed by atoms with E-state index in [1.807, 2.05) is 0 Å². The highest BCUT2D eigenvalue weighted by Gasteiger charge is 2.41. The molecule has 9 heteroatoms. The minimum atomic E-state index is -5.78. The molecule has 10 heavy (non-hydrogen) atoms. The van der Waals surface area contributed by atoms with E-state index >= 15 is 0 Å². The van der Waals surface area contributed by atoms with Gasteiger partial charge in [-0.05, 0) is 0 Å². The van der Waals surface area contributed by atoms with Crippen LogP contribution in [0.5, 0.6) is 0 Å². The Labute approximate surface area is 55.4 Å². The van der Waals surface area contributed by atoms with Gasteiger partial charge in [-0.15, -0.1) is 0 Å². The van der Waals surface area contributed by atoms with E-state index < -0.39 is 24.0 Å². The van der Waals surface area contributed by atoms with Gasteiger partial charge in [-0.1, -0.05) is 9.63 Å². The lowest BCUT2D eigenvalue weighted by molar-refractivity contribution is -0.0411. The molecule has 0 aromatic rings. The Morgan fingerprint density at radius 1 is 1.30 bits per heavy atom. The first kappa shape index (κ1) is 9.69. The van der Waals surface area contributed by atoms with E-state index in [2.05, 4.69) is 0 Å². The van der Waals surface area contributed by atoms with Gasteiger partial charge in [0.1, 0.15) is 0 Å². The number of rotatable bonds is 1. The van der Waals surface area contributed by atoms with Crippen molar-refractivity contribution in [1.82, 2.24) is 0 Å². The summed E-state index contributed by atoms with van der Waals surface area (Å²) in [4.78, 5) is 0. The molecule has 4 nitrogen and oxygen atoms in total. The van der Waals surface area contributed by atoms with Crippen molar-refractivity contribution in [2.75, 3.05) is 0 Å². The van der Waals surface area contributed by atoms with Gasteiger partial charge in [0.05, 0.1) is 0 Å². The van der Waals surface area contributed by atoms with E-state index in [1.54, 1.807) is 0 Å². The zero-order valence-corrected chi connectivity index (χ0v) is 5.81. The van der Waals surface area contributed by atoms with Crippen LogP contribution in [0.1, 0.15) is 0 Å². The Morgan fingerprint density at radius 2 is 1.60 bits per heavy atom. The van der Waals surface area contributed by atoms with Crippen molar-refractivity contribution < 1.29 is 25.8 Å². The van der Waals surface area contributed by atoms with Crippen molar-refractivity contribution in [3.05, 3.63) is 0 Å². The van der Waals surface area contributed by atoms with Crippen LogP contribution >= 0.6 is 0 Å². The fourth-order valence-electron chi connectivity index (χ4n) is 0.0858. The lowest BCUT2D eigenvalue weighted by Crippen LogP contribution is -2.22. The Kier molecular flexibility index (Phi) is 2.31. The average Bonchev–Trinajstić information content (AvgIpc) is 1.62. The number of halogens is 3. The second-order valence-electron chi connectivity index (χ2n) is 1.13. The van der Waals surface area contributed by atoms with Crippen molar-refractivity contribution in [1.29, 1.82) is 4.78 Å². The standard InChI is InChI=1S/CHF3NO3S2/c2-1(3,4)10(7,8)9(5)6/h5H/q-1. The quantitative estimate of drug-likeness (QED) is 0.491. The van der Waals surface area contributed by atoms with E-state index in [0.717, 1.165) is 0 Å². The number of nitrogens with one attached hydrogen (secondary N) is 1. The number of alkyl halides is 3. The molecule has 0 saturated carbocycles. The van der Waals surface area contributed by atoms with Crippen LogP contribution in [0.25, 0.3) is 0 Å². The predicted molar refractivity (Wildman–Crippen MR) is 25.7 cm³/mol. The van der Waals surface area contributed by atoms with Crippen LogP contribution in [0.4, 0.5) is 13.2 Å². The molecule has 0 aromatic carbocycles. The molecule has 0 unspecified atom stereocenters. The molecule has 0 aliphatic rings. The maximum Gasteiger partial charge on any atom is 0.482 e. The third-order valence-corrected chi connectivity index (χ3v) is 3.21. The normalized spacial score (nSPS) is 14.0. The van der Waals surface area contributed by atoms with E-state index in [4.69, 9.17) is 4.78 Å². The molecular weight excluding hydrogens is 195 g/mol. The highest BCUT2D eigenvalue weighted by Crippen LogP contribution is 2.23. The third-order valence-electron chi connectivity index (χ3n) is 0.483. The van der Waals surface area contributed by atoms with Crippen LogP contribution in [0.15, 0.2) is 0 Å². The summed E-state index contributed by atoms with van der Waals surface area (Å²) in [6.07, 6.45) is 0. The molecule has 0 spiro atoms. The minimum Gasteiger partial charge on any atom is -0.430 e. The summed E-state index contributed by atoms with van der Waals surface area (Å²) >= 11 is 0. The lowest BCUT2D eigenvalue weighted by atomic mass is 11.6. The molecular formula is CHF3NO3S2-. The summed E-state index contributed by atoms with van der Waals surface area (Å²) in [6.45, 7) is 0. The van der Waals surface area contributed by atoms with Crippen molar-refractivity contribution in [2.24, 2.45) is 0 Å². The summed E-state index contributed by atoms with van der Waals surface area (Å²) in [6, 6.07) is 0. The summed E-state index contributed by atoms with van der Waals surface area (Å²) in [7, 11) is -9.42. The van der Waals surface area contributed by atoms with E-state index in [9.17, 15) is 25.8 Å².